The fourth-order valence-corrected chi connectivity index (χ4v) is 1.42. The van der Waals surface area contributed by atoms with Gasteiger partial charge in [0.2, 0.25) is 0 Å². The quantitative estimate of drug-likeness (QED) is 0.782. The molecule has 0 saturated heterocycles. The lowest BCUT2D eigenvalue weighted by molar-refractivity contribution is -0.139. The second kappa shape index (κ2) is 7.22. The zero-order valence-corrected chi connectivity index (χ0v) is 10.4. The highest BCUT2D eigenvalue weighted by molar-refractivity contribution is 5.80. The van der Waals surface area contributed by atoms with Crippen LogP contribution in [0.15, 0.2) is 30.9 Å². The lowest BCUT2D eigenvalue weighted by atomic mass is 10.1. The predicted octanol–water partition coefficient (Wildman–Crippen LogP) is 1.87. The lowest BCUT2D eigenvalue weighted by Crippen LogP contribution is -2.42. The van der Waals surface area contributed by atoms with Crippen LogP contribution in [-0.2, 0) is 16.0 Å². The van der Waals surface area contributed by atoms with E-state index >= 15 is 0 Å². The fourth-order valence-electron chi connectivity index (χ4n) is 1.42. The van der Waals surface area contributed by atoms with Crippen LogP contribution in [0, 0.1) is 11.6 Å². The summed E-state index contributed by atoms with van der Waals surface area (Å²) in [6.07, 6.45) is 0.195. The van der Waals surface area contributed by atoms with E-state index < -0.39 is 29.7 Å². The van der Waals surface area contributed by atoms with E-state index in [1.165, 1.54) is 12.1 Å². The van der Waals surface area contributed by atoms with Gasteiger partial charge in [-0.3, -0.25) is 0 Å². The van der Waals surface area contributed by atoms with Crippen molar-refractivity contribution in [3.63, 3.8) is 0 Å². The van der Waals surface area contributed by atoms with Crippen molar-refractivity contribution in [3.05, 3.63) is 48.1 Å². The molecule has 0 heterocycles. The number of halogens is 2. The van der Waals surface area contributed by atoms with Gasteiger partial charge < -0.3 is 15.2 Å². The van der Waals surface area contributed by atoms with Gasteiger partial charge in [0.1, 0.15) is 12.6 Å². The maximum absolute atomic E-state index is 13.0. The number of hydrogen-bond acceptors (Lipinski definition) is 3. The van der Waals surface area contributed by atoms with Crippen LogP contribution in [0.4, 0.5) is 13.6 Å². The van der Waals surface area contributed by atoms with E-state index in [9.17, 15) is 18.4 Å². The number of carboxylic acid groups (broad SMARTS) is 1. The highest BCUT2D eigenvalue weighted by Crippen LogP contribution is 2.11. The first-order valence-corrected chi connectivity index (χ1v) is 5.65. The summed E-state index contributed by atoms with van der Waals surface area (Å²) in [6, 6.07) is 1.70. The molecule has 1 amide bonds. The minimum atomic E-state index is -1.31. The van der Waals surface area contributed by atoms with Crippen molar-refractivity contribution in [1.82, 2.24) is 5.32 Å². The van der Waals surface area contributed by atoms with Gasteiger partial charge in [-0.2, -0.15) is 0 Å². The second-order valence-electron chi connectivity index (χ2n) is 3.87. The summed E-state index contributed by atoms with van der Waals surface area (Å²) in [5, 5.41) is 11.1. The molecule has 0 spiro atoms. The van der Waals surface area contributed by atoms with Crippen LogP contribution in [0.25, 0.3) is 0 Å². The maximum Gasteiger partial charge on any atom is 0.408 e. The Labute approximate surface area is 113 Å². The van der Waals surface area contributed by atoms with Gasteiger partial charge in [-0.05, 0) is 17.7 Å². The molecule has 0 aromatic heterocycles. The van der Waals surface area contributed by atoms with Gasteiger partial charge in [0.05, 0.1) is 0 Å². The highest BCUT2D eigenvalue weighted by atomic mass is 19.2. The molecule has 0 unspecified atom stereocenters. The van der Waals surface area contributed by atoms with E-state index in [1.807, 2.05) is 0 Å². The van der Waals surface area contributed by atoms with Crippen LogP contribution in [0.1, 0.15) is 5.56 Å². The smallest absolute Gasteiger partial charge is 0.408 e. The van der Waals surface area contributed by atoms with Gasteiger partial charge >= 0.3 is 12.1 Å². The predicted molar refractivity (Wildman–Crippen MR) is 66.2 cm³/mol. The molecule has 0 aliphatic rings. The summed E-state index contributed by atoms with van der Waals surface area (Å²) in [7, 11) is 0. The molecular weight excluding hydrogens is 272 g/mol. The third-order valence-corrected chi connectivity index (χ3v) is 2.35. The van der Waals surface area contributed by atoms with Gasteiger partial charge in [0.15, 0.2) is 11.6 Å². The Morgan fingerprint density at radius 2 is 2.10 bits per heavy atom. The topological polar surface area (TPSA) is 75.6 Å². The van der Waals surface area contributed by atoms with E-state index in [0.29, 0.717) is 0 Å². The summed E-state index contributed by atoms with van der Waals surface area (Å²) in [4.78, 5) is 22.3. The number of carbonyl (C=O) groups excluding carboxylic acids is 1. The van der Waals surface area contributed by atoms with Crippen molar-refractivity contribution >= 4 is 12.1 Å². The largest absolute Gasteiger partial charge is 0.480 e. The van der Waals surface area contributed by atoms with Crippen LogP contribution in [0.3, 0.4) is 0 Å². The Hall–Kier alpha value is -2.44. The highest BCUT2D eigenvalue weighted by Gasteiger charge is 2.21. The van der Waals surface area contributed by atoms with Gasteiger partial charge in [-0.1, -0.05) is 18.7 Å². The molecule has 1 rings (SSSR count). The summed E-state index contributed by atoms with van der Waals surface area (Å²) in [6.45, 7) is 3.27. The zero-order chi connectivity index (χ0) is 15.1. The third kappa shape index (κ3) is 4.68. The van der Waals surface area contributed by atoms with Gasteiger partial charge in [-0.15, -0.1) is 0 Å². The summed E-state index contributed by atoms with van der Waals surface area (Å²) >= 11 is 0. The summed E-state index contributed by atoms with van der Waals surface area (Å²) < 4.78 is 30.4. The lowest BCUT2D eigenvalue weighted by Gasteiger charge is -2.14. The number of carbonyl (C=O) groups is 2. The molecule has 0 bridgehead atoms. The average Bonchev–Trinajstić information content (AvgIpc) is 2.39. The number of amides is 1. The molecule has 2 N–H and O–H groups in total. The Kier molecular flexibility index (Phi) is 5.64. The van der Waals surface area contributed by atoms with E-state index in [-0.39, 0.29) is 18.6 Å². The van der Waals surface area contributed by atoms with Crippen LogP contribution in [-0.4, -0.2) is 29.8 Å². The average molecular weight is 285 g/mol. The number of aliphatic carboxylic acids is 1. The van der Waals surface area contributed by atoms with E-state index in [2.05, 4.69) is 16.6 Å². The van der Waals surface area contributed by atoms with E-state index in [1.54, 1.807) is 0 Å². The Balaban J connectivity index is 2.71. The number of nitrogens with one attached hydrogen (secondary N) is 1. The number of benzene rings is 1. The number of ether oxygens (including phenoxy) is 1. The van der Waals surface area contributed by atoms with Crippen molar-refractivity contribution < 1.29 is 28.2 Å². The maximum atomic E-state index is 13.0. The van der Waals surface area contributed by atoms with Crippen molar-refractivity contribution in [2.45, 2.75) is 12.5 Å². The molecule has 1 atom stereocenters. The van der Waals surface area contributed by atoms with Crippen molar-refractivity contribution in [3.8, 4) is 0 Å². The number of carboxylic acids is 1. The summed E-state index contributed by atoms with van der Waals surface area (Å²) in [5.74, 6) is -3.43. The molecule has 0 aliphatic carbocycles. The minimum Gasteiger partial charge on any atom is -0.480 e. The molecule has 0 saturated carbocycles. The first-order chi connectivity index (χ1) is 9.43. The normalized spacial score (nSPS) is 11.5. The SMILES string of the molecule is C=CCOC(=O)N[C@@H](Cc1ccc(F)c(F)c1)C(=O)O. The van der Waals surface area contributed by atoms with E-state index in [4.69, 9.17) is 5.11 Å². The van der Waals surface area contributed by atoms with Crippen molar-refractivity contribution in [2.75, 3.05) is 6.61 Å². The van der Waals surface area contributed by atoms with Gasteiger partial charge in [0, 0.05) is 6.42 Å². The number of alkyl carbamates (subject to hydrolysis) is 1. The molecule has 0 fully saturated rings. The number of hydrogen-bond donors (Lipinski definition) is 2. The molecule has 1 aromatic rings. The Morgan fingerprint density at radius 1 is 1.40 bits per heavy atom. The molecular formula is C13H13F2NO4. The Bertz CT molecular complexity index is 519. The van der Waals surface area contributed by atoms with Crippen LogP contribution in [0.2, 0.25) is 0 Å². The van der Waals surface area contributed by atoms with Gasteiger partial charge in [-0.25, -0.2) is 18.4 Å². The van der Waals surface area contributed by atoms with E-state index in [0.717, 1.165) is 12.1 Å². The first kappa shape index (κ1) is 15.6. The molecule has 0 aliphatic heterocycles. The van der Waals surface area contributed by atoms with Gasteiger partial charge in [0.25, 0.3) is 0 Å². The minimum absolute atomic E-state index is 0.0661. The molecule has 1 aromatic carbocycles. The molecule has 0 radical (unpaired) electrons. The second-order valence-corrected chi connectivity index (χ2v) is 3.87. The standard InChI is InChI=1S/C13H13F2NO4/c1-2-5-20-13(19)16-11(12(17)18)7-8-3-4-9(14)10(15)6-8/h2-4,6,11H,1,5,7H2,(H,16,19)(H,17,18)/t11-/m0/s1. The molecule has 5 nitrogen and oxygen atoms in total. The number of rotatable bonds is 6. The monoisotopic (exact) mass is 285 g/mol. The first-order valence-electron chi connectivity index (χ1n) is 5.65. The van der Waals surface area contributed by atoms with Crippen LogP contribution < -0.4 is 5.32 Å². The third-order valence-electron chi connectivity index (χ3n) is 2.35. The van der Waals surface area contributed by atoms with Crippen LogP contribution >= 0.6 is 0 Å². The summed E-state index contributed by atoms with van der Waals surface area (Å²) in [5.41, 5.74) is 0.236. The zero-order valence-electron chi connectivity index (χ0n) is 10.4. The Morgan fingerprint density at radius 3 is 2.65 bits per heavy atom. The molecule has 108 valence electrons. The molecule has 7 heteroatoms. The van der Waals surface area contributed by atoms with Crippen molar-refractivity contribution in [1.29, 1.82) is 0 Å². The van der Waals surface area contributed by atoms with Crippen LogP contribution in [0.5, 0.6) is 0 Å². The fraction of sp³-hybridized carbons (Fsp3) is 0.231. The molecule has 20 heavy (non-hydrogen) atoms. The van der Waals surface area contributed by atoms with Crippen molar-refractivity contribution in [2.24, 2.45) is 0 Å².